The topological polar surface area (TPSA) is 38.0 Å². The molecular formula is C14H22N2. The monoisotopic (exact) mass is 218 g/mol. The second-order valence-electron chi connectivity index (χ2n) is 5.11. The van der Waals surface area contributed by atoms with Gasteiger partial charge in [0.1, 0.15) is 0 Å². The maximum Gasteiger partial charge on any atom is 0.0421 e. The highest BCUT2D eigenvalue weighted by Crippen LogP contribution is 2.20. The van der Waals surface area contributed by atoms with Crippen LogP contribution in [0.5, 0.6) is 0 Å². The minimum atomic E-state index is 0.127. The van der Waals surface area contributed by atoms with E-state index in [1.807, 2.05) is 0 Å². The highest BCUT2D eigenvalue weighted by Gasteiger charge is 2.21. The molecule has 88 valence electrons. The lowest BCUT2D eigenvalue weighted by molar-refractivity contribution is 0.595. The Labute approximate surface area is 98.2 Å². The normalized spacial score (nSPS) is 17.8. The minimum Gasteiger partial charge on any atom is -0.323 e. The van der Waals surface area contributed by atoms with Crippen LogP contribution in [0.25, 0.3) is 0 Å². The third kappa shape index (κ3) is 3.06. The number of hydrogen-bond acceptors (Lipinski definition) is 2. The van der Waals surface area contributed by atoms with Gasteiger partial charge in [0.05, 0.1) is 0 Å². The van der Waals surface area contributed by atoms with Crippen molar-refractivity contribution >= 4 is 0 Å². The average molecular weight is 218 g/mol. The molecule has 0 aromatic heterocycles. The predicted molar refractivity (Wildman–Crippen MR) is 68.5 cm³/mol. The van der Waals surface area contributed by atoms with Crippen molar-refractivity contribution in [3.8, 4) is 0 Å². The second kappa shape index (κ2) is 4.98. The molecule has 0 saturated heterocycles. The van der Waals surface area contributed by atoms with E-state index in [2.05, 4.69) is 43.4 Å². The van der Waals surface area contributed by atoms with Crippen LogP contribution in [-0.2, 0) is 0 Å². The number of benzene rings is 1. The number of rotatable bonds is 5. The van der Waals surface area contributed by atoms with Gasteiger partial charge in [-0.1, -0.05) is 38.1 Å². The van der Waals surface area contributed by atoms with Crippen molar-refractivity contribution in [1.82, 2.24) is 5.32 Å². The van der Waals surface area contributed by atoms with Crippen LogP contribution >= 0.6 is 0 Å². The van der Waals surface area contributed by atoms with Crippen LogP contribution < -0.4 is 11.1 Å². The Morgan fingerprint density at radius 2 is 1.75 bits per heavy atom. The molecule has 1 fully saturated rings. The SMILES string of the molecule is CC(C)c1ccc(C(N)CNC2CC2)cc1. The fourth-order valence-corrected chi connectivity index (χ4v) is 1.83. The molecule has 1 unspecified atom stereocenters. The fourth-order valence-electron chi connectivity index (χ4n) is 1.83. The van der Waals surface area contributed by atoms with E-state index in [4.69, 9.17) is 5.73 Å². The van der Waals surface area contributed by atoms with E-state index >= 15 is 0 Å². The minimum absolute atomic E-state index is 0.127. The Hall–Kier alpha value is -0.860. The van der Waals surface area contributed by atoms with Crippen LogP contribution in [-0.4, -0.2) is 12.6 Å². The van der Waals surface area contributed by atoms with Gasteiger partial charge in [0.2, 0.25) is 0 Å². The third-order valence-corrected chi connectivity index (χ3v) is 3.24. The lowest BCUT2D eigenvalue weighted by atomic mass is 9.99. The third-order valence-electron chi connectivity index (χ3n) is 3.24. The number of nitrogens with two attached hydrogens (primary N) is 1. The summed E-state index contributed by atoms with van der Waals surface area (Å²) in [6, 6.07) is 9.57. The molecule has 0 amide bonds. The molecule has 0 spiro atoms. The summed E-state index contributed by atoms with van der Waals surface area (Å²) < 4.78 is 0. The number of hydrogen-bond donors (Lipinski definition) is 2. The van der Waals surface area contributed by atoms with E-state index in [0.717, 1.165) is 12.6 Å². The van der Waals surface area contributed by atoms with E-state index < -0.39 is 0 Å². The molecule has 1 aliphatic rings. The molecule has 1 saturated carbocycles. The largest absolute Gasteiger partial charge is 0.323 e. The van der Waals surface area contributed by atoms with Crippen molar-refractivity contribution in [2.75, 3.05) is 6.54 Å². The van der Waals surface area contributed by atoms with Crippen molar-refractivity contribution in [2.24, 2.45) is 5.73 Å². The van der Waals surface area contributed by atoms with Crippen molar-refractivity contribution in [1.29, 1.82) is 0 Å². The Balaban J connectivity index is 1.91. The van der Waals surface area contributed by atoms with Crippen molar-refractivity contribution in [3.05, 3.63) is 35.4 Å². The van der Waals surface area contributed by atoms with Gasteiger partial charge in [0.25, 0.3) is 0 Å². The Kier molecular flexibility index (Phi) is 3.62. The van der Waals surface area contributed by atoms with Crippen LogP contribution in [0.3, 0.4) is 0 Å². The van der Waals surface area contributed by atoms with Gasteiger partial charge >= 0.3 is 0 Å². The van der Waals surface area contributed by atoms with Crippen molar-refractivity contribution in [3.63, 3.8) is 0 Å². The lowest BCUT2D eigenvalue weighted by Crippen LogP contribution is -2.28. The summed E-state index contributed by atoms with van der Waals surface area (Å²) in [6.07, 6.45) is 2.64. The quantitative estimate of drug-likeness (QED) is 0.797. The zero-order valence-corrected chi connectivity index (χ0v) is 10.2. The van der Waals surface area contributed by atoms with E-state index in [0.29, 0.717) is 5.92 Å². The molecule has 0 bridgehead atoms. The highest BCUT2D eigenvalue weighted by molar-refractivity contribution is 5.26. The second-order valence-corrected chi connectivity index (χ2v) is 5.11. The van der Waals surface area contributed by atoms with Gasteiger partial charge in [-0.3, -0.25) is 0 Å². The summed E-state index contributed by atoms with van der Waals surface area (Å²) in [6.45, 7) is 5.32. The van der Waals surface area contributed by atoms with Crippen LogP contribution in [0.1, 0.15) is 49.8 Å². The van der Waals surface area contributed by atoms with E-state index in [9.17, 15) is 0 Å². The summed E-state index contributed by atoms with van der Waals surface area (Å²) >= 11 is 0. The smallest absolute Gasteiger partial charge is 0.0421 e. The Morgan fingerprint density at radius 1 is 1.19 bits per heavy atom. The van der Waals surface area contributed by atoms with Crippen LogP contribution in [0.2, 0.25) is 0 Å². The average Bonchev–Trinajstić information content (AvgIpc) is 3.10. The van der Waals surface area contributed by atoms with Crippen molar-refractivity contribution in [2.45, 2.75) is 44.7 Å². The van der Waals surface area contributed by atoms with E-state index in [1.165, 1.54) is 24.0 Å². The molecule has 1 aromatic carbocycles. The van der Waals surface area contributed by atoms with Gasteiger partial charge in [-0.15, -0.1) is 0 Å². The molecule has 0 aliphatic heterocycles. The predicted octanol–water partition coefficient (Wildman–Crippen LogP) is 2.56. The van der Waals surface area contributed by atoms with Gasteiger partial charge in [0.15, 0.2) is 0 Å². The molecule has 1 aliphatic carbocycles. The Morgan fingerprint density at radius 3 is 2.25 bits per heavy atom. The summed E-state index contributed by atoms with van der Waals surface area (Å²) in [4.78, 5) is 0. The number of nitrogens with one attached hydrogen (secondary N) is 1. The first-order valence-corrected chi connectivity index (χ1v) is 6.25. The van der Waals surface area contributed by atoms with E-state index in [1.54, 1.807) is 0 Å². The van der Waals surface area contributed by atoms with Gasteiger partial charge in [-0.2, -0.15) is 0 Å². The first-order valence-electron chi connectivity index (χ1n) is 6.25. The van der Waals surface area contributed by atoms with Crippen LogP contribution in [0, 0.1) is 0 Å². The van der Waals surface area contributed by atoms with Crippen LogP contribution in [0.15, 0.2) is 24.3 Å². The maximum atomic E-state index is 6.13. The zero-order chi connectivity index (χ0) is 11.5. The molecule has 1 atom stereocenters. The van der Waals surface area contributed by atoms with Gasteiger partial charge in [-0.05, 0) is 29.9 Å². The standard InChI is InChI=1S/C14H22N2/c1-10(2)11-3-5-12(6-4-11)14(15)9-16-13-7-8-13/h3-6,10,13-14,16H,7-9,15H2,1-2H3. The van der Waals surface area contributed by atoms with E-state index in [-0.39, 0.29) is 6.04 Å². The van der Waals surface area contributed by atoms with Gasteiger partial charge < -0.3 is 11.1 Å². The summed E-state index contributed by atoms with van der Waals surface area (Å²) in [5, 5.41) is 3.47. The van der Waals surface area contributed by atoms with Gasteiger partial charge in [-0.25, -0.2) is 0 Å². The first-order chi connectivity index (χ1) is 7.66. The molecule has 0 heterocycles. The van der Waals surface area contributed by atoms with Crippen LogP contribution in [0.4, 0.5) is 0 Å². The molecule has 2 nitrogen and oxygen atoms in total. The fraction of sp³-hybridized carbons (Fsp3) is 0.571. The molecule has 1 aromatic rings. The maximum absolute atomic E-state index is 6.13. The lowest BCUT2D eigenvalue weighted by Gasteiger charge is -2.14. The Bertz CT molecular complexity index is 325. The molecule has 0 radical (unpaired) electrons. The van der Waals surface area contributed by atoms with Gasteiger partial charge in [0, 0.05) is 18.6 Å². The molecule has 2 rings (SSSR count). The molecule has 2 heteroatoms. The summed E-state index contributed by atoms with van der Waals surface area (Å²) in [5.74, 6) is 0.592. The molecule has 3 N–H and O–H groups in total. The highest BCUT2D eigenvalue weighted by atomic mass is 15.0. The summed E-state index contributed by atoms with van der Waals surface area (Å²) in [5.41, 5.74) is 8.75. The van der Waals surface area contributed by atoms with Crippen molar-refractivity contribution < 1.29 is 0 Å². The molecular weight excluding hydrogens is 196 g/mol. The summed E-state index contributed by atoms with van der Waals surface area (Å²) in [7, 11) is 0. The zero-order valence-electron chi connectivity index (χ0n) is 10.2. The molecule has 16 heavy (non-hydrogen) atoms. The first kappa shape index (κ1) is 11.6.